The number of fused-ring (bicyclic) bond motifs is 5. The molecule has 2 aromatic carbocycles. The molecule has 1 amide bonds. The summed E-state index contributed by atoms with van der Waals surface area (Å²) in [4.78, 5) is 20.5. The number of aryl methyl sites for hydroxylation is 1. The minimum Gasteiger partial charge on any atom is -0.339 e. The maximum atomic E-state index is 12.3. The van der Waals surface area contributed by atoms with Gasteiger partial charge < -0.3 is 4.98 Å². The number of pyridine rings is 1. The molecule has 0 unspecified atom stereocenters. The topological polar surface area (TPSA) is 61.4 Å². The minimum atomic E-state index is -0.0403. The Kier molecular flexibility index (Phi) is 2.77. The second-order valence-electron chi connectivity index (χ2n) is 6.60. The predicted octanol–water partition coefficient (Wildman–Crippen LogP) is 4.29. The summed E-state index contributed by atoms with van der Waals surface area (Å²) in [5, 5.41) is 10.1. The van der Waals surface area contributed by atoms with Crippen molar-refractivity contribution in [2.45, 2.75) is 20.3 Å². The SMILES string of the molecule is CC1=NN(c2nc3[nH]c4ccc(C)cc4c3c3ccccc23)C(=O)C1. The smallest absolute Gasteiger partial charge is 0.254 e. The van der Waals surface area contributed by atoms with Crippen LogP contribution in [-0.2, 0) is 4.79 Å². The Hall–Kier alpha value is -3.21. The molecule has 5 heteroatoms. The van der Waals surface area contributed by atoms with Gasteiger partial charge in [0.15, 0.2) is 5.82 Å². The molecule has 0 bridgehead atoms. The zero-order chi connectivity index (χ0) is 17.1. The molecule has 1 N–H and O–H groups in total. The van der Waals surface area contributed by atoms with Crippen LogP contribution in [-0.4, -0.2) is 21.6 Å². The molecular formula is C20H16N4O. The molecule has 0 saturated heterocycles. The number of nitrogens with zero attached hydrogens (tertiary/aromatic N) is 3. The van der Waals surface area contributed by atoms with Gasteiger partial charge in [0.1, 0.15) is 5.65 Å². The minimum absolute atomic E-state index is 0.0403. The lowest BCUT2D eigenvalue weighted by atomic mass is 10.0. The Morgan fingerprint density at radius 2 is 1.84 bits per heavy atom. The Morgan fingerprint density at radius 3 is 2.60 bits per heavy atom. The van der Waals surface area contributed by atoms with Crippen LogP contribution >= 0.6 is 0 Å². The second kappa shape index (κ2) is 4.89. The maximum Gasteiger partial charge on any atom is 0.254 e. The number of nitrogens with one attached hydrogen (secondary N) is 1. The summed E-state index contributed by atoms with van der Waals surface area (Å²) in [6, 6.07) is 14.4. The molecule has 1 aliphatic rings. The van der Waals surface area contributed by atoms with Crippen LogP contribution in [0, 0.1) is 6.92 Å². The van der Waals surface area contributed by atoms with E-state index in [1.165, 1.54) is 10.6 Å². The molecule has 3 heterocycles. The largest absolute Gasteiger partial charge is 0.339 e. The summed E-state index contributed by atoms with van der Waals surface area (Å²) in [6.45, 7) is 3.95. The number of hydrogen-bond acceptors (Lipinski definition) is 3. The van der Waals surface area contributed by atoms with Gasteiger partial charge in [-0.3, -0.25) is 4.79 Å². The van der Waals surface area contributed by atoms with Crippen LogP contribution in [0.3, 0.4) is 0 Å². The number of anilines is 1. The molecule has 2 aromatic heterocycles. The van der Waals surface area contributed by atoms with E-state index >= 15 is 0 Å². The molecule has 4 aromatic rings. The highest BCUT2D eigenvalue weighted by Gasteiger charge is 2.26. The average Bonchev–Trinajstić information content (AvgIpc) is 3.13. The van der Waals surface area contributed by atoms with E-state index in [1.54, 1.807) is 0 Å². The van der Waals surface area contributed by atoms with Crippen molar-refractivity contribution in [2.75, 3.05) is 5.01 Å². The number of benzene rings is 2. The monoisotopic (exact) mass is 328 g/mol. The number of aromatic amines is 1. The number of carbonyl (C=O) groups is 1. The van der Waals surface area contributed by atoms with E-state index in [2.05, 4.69) is 41.3 Å². The number of hydrazone groups is 1. The highest BCUT2D eigenvalue weighted by molar-refractivity contribution is 6.23. The van der Waals surface area contributed by atoms with E-state index in [0.29, 0.717) is 12.2 Å². The standard InChI is InChI=1S/C20H16N4O/c1-11-7-8-16-15(9-11)18-13-5-3-4-6-14(13)20(22-19(18)21-16)24-17(25)10-12(2)23-24/h3-9H,10H2,1-2H3,(H,21,22). The van der Waals surface area contributed by atoms with Crippen LogP contribution in [0.1, 0.15) is 18.9 Å². The van der Waals surface area contributed by atoms with Crippen LogP contribution < -0.4 is 5.01 Å². The first kappa shape index (κ1) is 14.2. The average molecular weight is 328 g/mol. The van der Waals surface area contributed by atoms with Gasteiger partial charge in [-0.05, 0) is 31.4 Å². The van der Waals surface area contributed by atoms with Crippen LogP contribution in [0.15, 0.2) is 47.6 Å². The Labute approximate surface area is 144 Å². The molecule has 0 atom stereocenters. The quantitative estimate of drug-likeness (QED) is 0.566. The van der Waals surface area contributed by atoms with Crippen molar-refractivity contribution in [2.24, 2.45) is 5.10 Å². The van der Waals surface area contributed by atoms with Gasteiger partial charge in [0, 0.05) is 27.4 Å². The van der Waals surface area contributed by atoms with E-state index in [0.717, 1.165) is 38.4 Å². The van der Waals surface area contributed by atoms with Gasteiger partial charge >= 0.3 is 0 Å². The molecule has 25 heavy (non-hydrogen) atoms. The summed E-state index contributed by atoms with van der Waals surface area (Å²) in [5.41, 5.74) is 3.84. The summed E-state index contributed by atoms with van der Waals surface area (Å²) in [6.07, 6.45) is 0.347. The Morgan fingerprint density at radius 1 is 1.04 bits per heavy atom. The zero-order valence-corrected chi connectivity index (χ0v) is 14.0. The van der Waals surface area contributed by atoms with Gasteiger partial charge in [-0.25, -0.2) is 4.98 Å². The summed E-state index contributed by atoms with van der Waals surface area (Å²) >= 11 is 0. The van der Waals surface area contributed by atoms with E-state index < -0.39 is 0 Å². The predicted molar refractivity (Wildman–Crippen MR) is 101 cm³/mol. The first-order valence-corrected chi connectivity index (χ1v) is 8.29. The third-order valence-electron chi connectivity index (χ3n) is 4.70. The zero-order valence-electron chi connectivity index (χ0n) is 14.0. The molecular weight excluding hydrogens is 312 g/mol. The molecule has 0 saturated carbocycles. The Bertz CT molecular complexity index is 1220. The van der Waals surface area contributed by atoms with Crippen molar-refractivity contribution in [1.29, 1.82) is 0 Å². The van der Waals surface area contributed by atoms with E-state index in [1.807, 2.05) is 25.1 Å². The molecule has 5 nitrogen and oxygen atoms in total. The van der Waals surface area contributed by atoms with Gasteiger partial charge in [0.2, 0.25) is 0 Å². The molecule has 0 radical (unpaired) electrons. The lowest BCUT2D eigenvalue weighted by molar-refractivity contribution is -0.116. The number of H-pyrrole nitrogens is 1. The first-order valence-electron chi connectivity index (χ1n) is 8.29. The third-order valence-corrected chi connectivity index (χ3v) is 4.70. The first-order chi connectivity index (χ1) is 12.1. The van der Waals surface area contributed by atoms with Gasteiger partial charge in [0.05, 0.1) is 6.42 Å². The highest BCUT2D eigenvalue weighted by atomic mass is 16.2. The molecule has 0 fully saturated rings. The second-order valence-corrected chi connectivity index (χ2v) is 6.60. The highest BCUT2D eigenvalue weighted by Crippen LogP contribution is 2.36. The number of carbonyl (C=O) groups excluding carboxylic acids is 1. The van der Waals surface area contributed by atoms with Crippen molar-refractivity contribution in [3.63, 3.8) is 0 Å². The van der Waals surface area contributed by atoms with Crippen molar-refractivity contribution in [1.82, 2.24) is 9.97 Å². The van der Waals surface area contributed by atoms with Crippen molar-refractivity contribution in [3.8, 4) is 0 Å². The molecule has 0 spiro atoms. The van der Waals surface area contributed by atoms with Gasteiger partial charge in [-0.1, -0.05) is 35.9 Å². The Balaban J connectivity index is 1.94. The number of hydrogen-bond donors (Lipinski definition) is 1. The van der Waals surface area contributed by atoms with Crippen molar-refractivity contribution >= 4 is 50.1 Å². The van der Waals surface area contributed by atoms with Crippen LogP contribution in [0.4, 0.5) is 5.82 Å². The number of amides is 1. The molecule has 122 valence electrons. The van der Waals surface area contributed by atoms with E-state index in [4.69, 9.17) is 4.98 Å². The molecule has 5 rings (SSSR count). The number of rotatable bonds is 1. The van der Waals surface area contributed by atoms with Gasteiger partial charge in [-0.2, -0.15) is 10.1 Å². The van der Waals surface area contributed by atoms with Crippen LogP contribution in [0.5, 0.6) is 0 Å². The lowest BCUT2D eigenvalue weighted by Gasteiger charge is -2.14. The van der Waals surface area contributed by atoms with Crippen LogP contribution in [0.25, 0.3) is 32.7 Å². The maximum absolute atomic E-state index is 12.3. The fourth-order valence-corrected chi connectivity index (χ4v) is 3.59. The van der Waals surface area contributed by atoms with Gasteiger partial charge in [-0.15, -0.1) is 0 Å². The summed E-state index contributed by atoms with van der Waals surface area (Å²) < 4.78 is 0. The van der Waals surface area contributed by atoms with Crippen molar-refractivity contribution < 1.29 is 4.79 Å². The van der Waals surface area contributed by atoms with Crippen LogP contribution in [0.2, 0.25) is 0 Å². The molecule has 0 aliphatic carbocycles. The third kappa shape index (κ3) is 1.99. The van der Waals surface area contributed by atoms with E-state index in [-0.39, 0.29) is 5.91 Å². The normalized spacial score (nSPS) is 14.9. The van der Waals surface area contributed by atoms with Crippen molar-refractivity contribution in [3.05, 3.63) is 48.0 Å². The fourth-order valence-electron chi connectivity index (χ4n) is 3.59. The van der Waals surface area contributed by atoms with E-state index in [9.17, 15) is 4.79 Å². The fraction of sp³-hybridized carbons (Fsp3) is 0.150. The lowest BCUT2D eigenvalue weighted by Crippen LogP contribution is -2.21. The number of aromatic nitrogens is 2. The molecule has 1 aliphatic heterocycles. The summed E-state index contributed by atoms with van der Waals surface area (Å²) in [7, 11) is 0. The van der Waals surface area contributed by atoms with Gasteiger partial charge in [0.25, 0.3) is 5.91 Å². The summed E-state index contributed by atoms with van der Waals surface area (Å²) in [5.74, 6) is 0.551.